The molecule has 2 fully saturated rings. The molecular weight excluding hydrogens is 146 g/mol. The minimum Gasteiger partial charge on any atom is -0.316 e. The first kappa shape index (κ1) is 8.55. The molecule has 0 bridgehead atoms. The van der Waals surface area contributed by atoms with Crippen LogP contribution in [0.1, 0.15) is 33.6 Å². The molecule has 2 aliphatic rings. The highest BCUT2D eigenvalue weighted by Crippen LogP contribution is 2.48. The molecule has 1 heterocycles. The van der Waals surface area contributed by atoms with Crippen molar-refractivity contribution in [2.24, 2.45) is 23.2 Å². The highest BCUT2D eigenvalue weighted by molar-refractivity contribution is 4.96. The van der Waals surface area contributed by atoms with Crippen molar-refractivity contribution in [3.05, 3.63) is 0 Å². The van der Waals surface area contributed by atoms with Crippen LogP contribution in [0.25, 0.3) is 0 Å². The molecule has 1 N–H and O–H groups in total. The molecule has 1 unspecified atom stereocenters. The molecule has 1 nitrogen and oxygen atoms in total. The van der Waals surface area contributed by atoms with Crippen LogP contribution in [0, 0.1) is 23.2 Å². The summed E-state index contributed by atoms with van der Waals surface area (Å²) in [7, 11) is 0. The lowest BCUT2D eigenvalue weighted by atomic mass is 9.60. The number of hydrogen-bond donors (Lipinski definition) is 1. The van der Waals surface area contributed by atoms with Crippen molar-refractivity contribution in [3.8, 4) is 0 Å². The third-order valence-electron chi connectivity index (χ3n) is 4.54. The van der Waals surface area contributed by atoms with Gasteiger partial charge in [-0.2, -0.15) is 0 Å². The third-order valence-corrected chi connectivity index (χ3v) is 4.54. The number of nitrogens with one attached hydrogen (secondary N) is 1. The fraction of sp³-hybridized carbons (Fsp3) is 1.00. The van der Waals surface area contributed by atoms with E-state index in [0.29, 0.717) is 5.41 Å². The molecule has 3 atom stereocenters. The van der Waals surface area contributed by atoms with Gasteiger partial charge in [0.1, 0.15) is 0 Å². The van der Waals surface area contributed by atoms with Gasteiger partial charge >= 0.3 is 0 Å². The molecule has 0 aromatic rings. The topological polar surface area (TPSA) is 12.0 Å². The molecule has 70 valence electrons. The van der Waals surface area contributed by atoms with Crippen LogP contribution < -0.4 is 5.32 Å². The van der Waals surface area contributed by atoms with E-state index in [1.165, 1.54) is 25.9 Å². The Kier molecular flexibility index (Phi) is 1.95. The molecule has 0 radical (unpaired) electrons. The van der Waals surface area contributed by atoms with E-state index >= 15 is 0 Å². The van der Waals surface area contributed by atoms with Gasteiger partial charge in [-0.05, 0) is 49.1 Å². The Morgan fingerprint density at radius 2 is 1.92 bits per heavy atom. The first-order chi connectivity index (χ1) is 5.62. The van der Waals surface area contributed by atoms with Crippen LogP contribution in [-0.2, 0) is 0 Å². The Hall–Kier alpha value is -0.0400. The molecule has 1 heteroatoms. The average Bonchev–Trinajstić information content (AvgIpc) is 2.46. The van der Waals surface area contributed by atoms with Crippen LogP contribution >= 0.6 is 0 Å². The van der Waals surface area contributed by atoms with Crippen molar-refractivity contribution in [3.63, 3.8) is 0 Å². The molecule has 12 heavy (non-hydrogen) atoms. The Labute approximate surface area is 75.9 Å². The summed E-state index contributed by atoms with van der Waals surface area (Å²) in [5, 5.41) is 3.54. The van der Waals surface area contributed by atoms with E-state index < -0.39 is 0 Å². The van der Waals surface area contributed by atoms with Gasteiger partial charge in [-0.25, -0.2) is 0 Å². The number of rotatable bonds is 0. The maximum absolute atomic E-state index is 3.54. The molecule has 0 aromatic heterocycles. The maximum Gasteiger partial charge on any atom is -0.00121 e. The Morgan fingerprint density at radius 3 is 2.67 bits per heavy atom. The van der Waals surface area contributed by atoms with E-state index in [-0.39, 0.29) is 0 Å². The Morgan fingerprint density at radius 1 is 1.17 bits per heavy atom. The van der Waals surface area contributed by atoms with E-state index in [0.717, 1.165) is 17.8 Å². The summed E-state index contributed by atoms with van der Waals surface area (Å²) >= 11 is 0. The van der Waals surface area contributed by atoms with Gasteiger partial charge in [-0.15, -0.1) is 0 Å². The zero-order valence-corrected chi connectivity index (χ0v) is 8.56. The fourth-order valence-corrected chi connectivity index (χ4v) is 3.11. The third kappa shape index (κ3) is 1.10. The van der Waals surface area contributed by atoms with Crippen LogP contribution in [0.3, 0.4) is 0 Å². The predicted octanol–water partition coefficient (Wildman–Crippen LogP) is 2.28. The van der Waals surface area contributed by atoms with Gasteiger partial charge in [0.05, 0.1) is 0 Å². The Bertz CT molecular complexity index is 174. The molecule has 1 aliphatic carbocycles. The molecule has 1 aliphatic heterocycles. The molecule has 0 amide bonds. The summed E-state index contributed by atoms with van der Waals surface area (Å²) in [6.07, 6.45) is 2.90. The fourth-order valence-electron chi connectivity index (χ4n) is 3.11. The normalized spacial score (nSPS) is 45.8. The molecular formula is C11H21N. The summed E-state index contributed by atoms with van der Waals surface area (Å²) in [5.74, 6) is 2.84. The largest absolute Gasteiger partial charge is 0.316 e. The van der Waals surface area contributed by atoms with E-state index in [1.807, 2.05) is 0 Å². The minimum absolute atomic E-state index is 0.576. The summed E-state index contributed by atoms with van der Waals surface area (Å²) in [6.45, 7) is 9.89. The van der Waals surface area contributed by atoms with Crippen molar-refractivity contribution in [1.82, 2.24) is 5.32 Å². The summed E-state index contributed by atoms with van der Waals surface area (Å²) in [5.41, 5.74) is 0.576. The first-order valence-corrected chi connectivity index (χ1v) is 5.33. The lowest BCUT2D eigenvalue weighted by molar-refractivity contribution is 0.0506. The van der Waals surface area contributed by atoms with Crippen LogP contribution in [0.15, 0.2) is 0 Å². The second kappa shape index (κ2) is 2.73. The van der Waals surface area contributed by atoms with Gasteiger partial charge in [0.15, 0.2) is 0 Å². The number of hydrogen-bond acceptors (Lipinski definition) is 1. The second-order valence-electron chi connectivity index (χ2n) is 5.32. The van der Waals surface area contributed by atoms with Gasteiger partial charge in [-0.1, -0.05) is 20.8 Å². The smallest absolute Gasteiger partial charge is 0.00121 e. The molecule has 0 spiro atoms. The molecule has 2 rings (SSSR count). The molecule has 1 saturated carbocycles. The van der Waals surface area contributed by atoms with Gasteiger partial charge in [-0.3, -0.25) is 0 Å². The standard InChI is InChI=1S/C11H21N/c1-8-4-5-9-6-12-7-10(9)11(8,2)3/h8-10,12H,4-7H2,1-3H3/t8-,9?,10+/m1/s1. The zero-order chi connectivity index (χ0) is 8.77. The number of fused-ring (bicyclic) bond motifs is 1. The van der Waals surface area contributed by atoms with Crippen LogP contribution in [0.2, 0.25) is 0 Å². The zero-order valence-electron chi connectivity index (χ0n) is 8.56. The molecule has 0 aromatic carbocycles. The van der Waals surface area contributed by atoms with Crippen molar-refractivity contribution < 1.29 is 0 Å². The van der Waals surface area contributed by atoms with Gasteiger partial charge in [0.2, 0.25) is 0 Å². The maximum atomic E-state index is 3.54. The van der Waals surface area contributed by atoms with E-state index in [1.54, 1.807) is 0 Å². The summed E-state index contributed by atoms with van der Waals surface area (Å²) < 4.78 is 0. The second-order valence-corrected chi connectivity index (χ2v) is 5.32. The van der Waals surface area contributed by atoms with E-state index in [9.17, 15) is 0 Å². The van der Waals surface area contributed by atoms with Crippen molar-refractivity contribution in [2.45, 2.75) is 33.6 Å². The van der Waals surface area contributed by atoms with Crippen LogP contribution in [0.5, 0.6) is 0 Å². The average molecular weight is 167 g/mol. The van der Waals surface area contributed by atoms with Crippen molar-refractivity contribution in [2.75, 3.05) is 13.1 Å². The SMILES string of the molecule is C[C@@H]1CCC2CNC[C@@H]2C1(C)C. The Balaban J connectivity index is 2.18. The minimum atomic E-state index is 0.576. The van der Waals surface area contributed by atoms with E-state index in [2.05, 4.69) is 26.1 Å². The monoisotopic (exact) mass is 167 g/mol. The first-order valence-electron chi connectivity index (χ1n) is 5.33. The summed E-state index contributed by atoms with van der Waals surface area (Å²) in [4.78, 5) is 0. The van der Waals surface area contributed by atoms with Gasteiger partial charge < -0.3 is 5.32 Å². The lowest BCUT2D eigenvalue weighted by Crippen LogP contribution is -2.39. The summed E-state index contributed by atoms with van der Waals surface area (Å²) in [6, 6.07) is 0. The lowest BCUT2D eigenvalue weighted by Gasteiger charge is -2.45. The highest BCUT2D eigenvalue weighted by atomic mass is 14.9. The van der Waals surface area contributed by atoms with Gasteiger partial charge in [0, 0.05) is 0 Å². The highest BCUT2D eigenvalue weighted by Gasteiger charge is 2.45. The quantitative estimate of drug-likeness (QED) is 0.583. The van der Waals surface area contributed by atoms with Crippen molar-refractivity contribution in [1.29, 1.82) is 0 Å². The van der Waals surface area contributed by atoms with Crippen LogP contribution in [0.4, 0.5) is 0 Å². The predicted molar refractivity (Wildman–Crippen MR) is 52.0 cm³/mol. The van der Waals surface area contributed by atoms with Gasteiger partial charge in [0.25, 0.3) is 0 Å². The van der Waals surface area contributed by atoms with Crippen LogP contribution in [-0.4, -0.2) is 13.1 Å². The van der Waals surface area contributed by atoms with Crippen molar-refractivity contribution >= 4 is 0 Å². The van der Waals surface area contributed by atoms with E-state index in [4.69, 9.17) is 0 Å². The molecule has 1 saturated heterocycles.